The maximum atomic E-state index is 6.16. The number of methoxy groups -OCH3 is 1. The molecule has 0 aromatic heterocycles. The van der Waals surface area contributed by atoms with Crippen molar-refractivity contribution in [1.29, 1.82) is 0 Å². The smallest absolute Gasteiger partial charge is 0.122 e. The fourth-order valence-electron chi connectivity index (χ4n) is 3.40. The molecule has 0 bridgehead atoms. The normalized spacial score (nSPS) is 18.7. The molecule has 18 heavy (non-hydrogen) atoms. The fourth-order valence-corrected chi connectivity index (χ4v) is 3.40. The van der Waals surface area contributed by atoms with Gasteiger partial charge in [0.05, 0.1) is 7.11 Å². The van der Waals surface area contributed by atoms with Gasteiger partial charge in [-0.05, 0) is 43.9 Å². The molecule has 100 valence electrons. The molecule has 2 N–H and O–H groups in total. The van der Waals surface area contributed by atoms with Crippen LogP contribution in [-0.4, -0.2) is 13.7 Å². The van der Waals surface area contributed by atoms with Crippen molar-refractivity contribution in [3.05, 3.63) is 28.8 Å². The minimum atomic E-state index is 0.139. The van der Waals surface area contributed by atoms with E-state index < -0.39 is 0 Å². The Morgan fingerprint density at radius 3 is 2.39 bits per heavy atom. The van der Waals surface area contributed by atoms with E-state index in [0.29, 0.717) is 0 Å². The number of rotatable bonds is 3. The number of hydrogen-bond donors (Lipinski definition) is 1. The number of hydrogen-bond acceptors (Lipinski definition) is 2. The van der Waals surface area contributed by atoms with Crippen LogP contribution in [0, 0.1) is 13.8 Å². The average Bonchev–Trinajstić information content (AvgIpc) is 2.42. The van der Waals surface area contributed by atoms with Gasteiger partial charge in [-0.15, -0.1) is 0 Å². The summed E-state index contributed by atoms with van der Waals surface area (Å²) in [5, 5.41) is 0. The lowest BCUT2D eigenvalue weighted by molar-refractivity contribution is 0.286. The summed E-state index contributed by atoms with van der Waals surface area (Å²) in [5.41, 5.74) is 10.4. The Bertz CT molecular complexity index is 419. The molecule has 0 saturated heterocycles. The van der Waals surface area contributed by atoms with Crippen LogP contribution < -0.4 is 10.5 Å². The van der Waals surface area contributed by atoms with Crippen LogP contribution in [0.3, 0.4) is 0 Å². The maximum absolute atomic E-state index is 6.16. The fraction of sp³-hybridized carbons (Fsp3) is 0.625. The number of nitrogens with two attached hydrogens (primary N) is 1. The lowest BCUT2D eigenvalue weighted by atomic mass is 9.67. The largest absolute Gasteiger partial charge is 0.496 e. The Labute approximate surface area is 111 Å². The van der Waals surface area contributed by atoms with Gasteiger partial charge < -0.3 is 10.5 Å². The number of aryl methyl sites for hydroxylation is 1. The first-order valence-corrected chi connectivity index (χ1v) is 6.99. The molecule has 0 radical (unpaired) electrons. The van der Waals surface area contributed by atoms with Gasteiger partial charge in [-0.1, -0.05) is 25.3 Å². The summed E-state index contributed by atoms with van der Waals surface area (Å²) < 4.78 is 5.61. The van der Waals surface area contributed by atoms with E-state index in [2.05, 4.69) is 26.0 Å². The molecule has 1 aromatic rings. The van der Waals surface area contributed by atoms with Crippen LogP contribution >= 0.6 is 0 Å². The van der Waals surface area contributed by atoms with E-state index in [4.69, 9.17) is 10.5 Å². The summed E-state index contributed by atoms with van der Waals surface area (Å²) in [7, 11) is 1.76. The SMILES string of the molecule is COc1ccc(C)c(C)c1C1(CN)CCCCC1. The second-order valence-electron chi connectivity index (χ2n) is 5.63. The minimum absolute atomic E-state index is 0.139. The van der Waals surface area contributed by atoms with Crippen LogP contribution in [0.2, 0.25) is 0 Å². The van der Waals surface area contributed by atoms with E-state index in [1.54, 1.807) is 7.11 Å². The highest BCUT2D eigenvalue weighted by atomic mass is 16.5. The van der Waals surface area contributed by atoms with Gasteiger partial charge in [0.15, 0.2) is 0 Å². The summed E-state index contributed by atoms with van der Waals surface area (Å²) in [6.07, 6.45) is 6.31. The Hall–Kier alpha value is -1.02. The highest BCUT2D eigenvalue weighted by molar-refractivity contribution is 5.49. The zero-order chi connectivity index (χ0) is 13.2. The third-order valence-electron chi connectivity index (χ3n) is 4.65. The zero-order valence-corrected chi connectivity index (χ0v) is 11.9. The van der Waals surface area contributed by atoms with E-state index in [1.807, 2.05) is 0 Å². The van der Waals surface area contributed by atoms with Crippen LogP contribution in [0.5, 0.6) is 5.75 Å². The molecule has 0 amide bonds. The quantitative estimate of drug-likeness (QED) is 0.887. The Morgan fingerprint density at radius 1 is 1.17 bits per heavy atom. The van der Waals surface area contributed by atoms with Gasteiger partial charge in [0, 0.05) is 17.5 Å². The first kappa shape index (κ1) is 13.4. The number of benzene rings is 1. The summed E-state index contributed by atoms with van der Waals surface area (Å²) in [6, 6.07) is 4.24. The third-order valence-corrected chi connectivity index (χ3v) is 4.65. The summed E-state index contributed by atoms with van der Waals surface area (Å²) in [4.78, 5) is 0. The predicted octanol–water partition coefficient (Wildman–Crippen LogP) is 3.47. The van der Waals surface area contributed by atoms with Crippen molar-refractivity contribution in [2.45, 2.75) is 51.4 Å². The molecule has 1 fully saturated rings. The van der Waals surface area contributed by atoms with Crippen LogP contribution in [0.15, 0.2) is 12.1 Å². The molecule has 1 aliphatic carbocycles. The third kappa shape index (κ3) is 2.14. The van der Waals surface area contributed by atoms with Crippen molar-refractivity contribution in [3.63, 3.8) is 0 Å². The molecular weight excluding hydrogens is 222 g/mol. The topological polar surface area (TPSA) is 35.2 Å². The van der Waals surface area contributed by atoms with E-state index in [1.165, 1.54) is 48.8 Å². The van der Waals surface area contributed by atoms with Gasteiger partial charge in [0.2, 0.25) is 0 Å². The molecule has 0 spiro atoms. The molecule has 2 nitrogen and oxygen atoms in total. The van der Waals surface area contributed by atoms with Crippen molar-refractivity contribution in [1.82, 2.24) is 0 Å². The van der Waals surface area contributed by atoms with Crippen molar-refractivity contribution in [2.24, 2.45) is 5.73 Å². The van der Waals surface area contributed by atoms with Crippen LogP contribution in [0.25, 0.3) is 0 Å². The summed E-state index contributed by atoms with van der Waals surface area (Å²) >= 11 is 0. The first-order valence-electron chi connectivity index (χ1n) is 6.99. The van der Waals surface area contributed by atoms with Gasteiger partial charge >= 0.3 is 0 Å². The molecule has 2 rings (SSSR count). The summed E-state index contributed by atoms with van der Waals surface area (Å²) in [5.74, 6) is 1.02. The Morgan fingerprint density at radius 2 is 1.83 bits per heavy atom. The Balaban J connectivity index is 2.56. The van der Waals surface area contributed by atoms with Gasteiger partial charge in [-0.2, -0.15) is 0 Å². The minimum Gasteiger partial charge on any atom is -0.496 e. The first-order chi connectivity index (χ1) is 8.64. The van der Waals surface area contributed by atoms with E-state index >= 15 is 0 Å². The van der Waals surface area contributed by atoms with Gasteiger partial charge in [-0.3, -0.25) is 0 Å². The lowest BCUT2D eigenvalue weighted by Gasteiger charge is -2.39. The van der Waals surface area contributed by atoms with E-state index in [9.17, 15) is 0 Å². The highest BCUT2D eigenvalue weighted by Crippen LogP contribution is 2.44. The van der Waals surface area contributed by atoms with E-state index in [-0.39, 0.29) is 5.41 Å². The van der Waals surface area contributed by atoms with Crippen LogP contribution in [0.4, 0.5) is 0 Å². The molecular formula is C16H25NO. The molecule has 0 unspecified atom stereocenters. The maximum Gasteiger partial charge on any atom is 0.122 e. The van der Waals surface area contributed by atoms with Crippen LogP contribution in [-0.2, 0) is 5.41 Å². The summed E-state index contributed by atoms with van der Waals surface area (Å²) in [6.45, 7) is 5.11. The number of ether oxygens (including phenoxy) is 1. The zero-order valence-electron chi connectivity index (χ0n) is 11.9. The molecule has 2 heteroatoms. The van der Waals surface area contributed by atoms with Crippen molar-refractivity contribution >= 4 is 0 Å². The molecule has 1 aromatic carbocycles. The second-order valence-corrected chi connectivity index (χ2v) is 5.63. The van der Waals surface area contributed by atoms with Crippen LogP contribution in [0.1, 0.15) is 48.8 Å². The Kier molecular flexibility index (Phi) is 3.96. The lowest BCUT2D eigenvalue weighted by Crippen LogP contribution is -2.38. The van der Waals surface area contributed by atoms with Gasteiger partial charge in [0.1, 0.15) is 5.75 Å². The molecule has 0 atom stereocenters. The van der Waals surface area contributed by atoms with Crippen molar-refractivity contribution in [2.75, 3.05) is 13.7 Å². The van der Waals surface area contributed by atoms with Gasteiger partial charge in [0.25, 0.3) is 0 Å². The standard InChI is InChI=1S/C16H25NO/c1-12-7-8-14(18-3)15(13(12)2)16(11-17)9-5-4-6-10-16/h7-8H,4-6,9-11,17H2,1-3H3. The van der Waals surface area contributed by atoms with E-state index in [0.717, 1.165) is 12.3 Å². The van der Waals surface area contributed by atoms with Gasteiger partial charge in [-0.25, -0.2) is 0 Å². The molecule has 0 aliphatic heterocycles. The highest BCUT2D eigenvalue weighted by Gasteiger charge is 2.36. The predicted molar refractivity (Wildman–Crippen MR) is 76.3 cm³/mol. The molecule has 1 saturated carbocycles. The second kappa shape index (κ2) is 5.31. The monoisotopic (exact) mass is 247 g/mol. The average molecular weight is 247 g/mol. The molecule has 0 heterocycles. The molecule has 1 aliphatic rings. The van der Waals surface area contributed by atoms with Crippen molar-refractivity contribution < 1.29 is 4.74 Å². The van der Waals surface area contributed by atoms with Crippen molar-refractivity contribution in [3.8, 4) is 5.75 Å².